The van der Waals surface area contributed by atoms with Crippen molar-refractivity contribution in [1.29, 1.82) is 0 Å². The molecule has 0 heterocycles. The molecule has 2 aromatic rings. The van der Waals surface area contributed by atoms with Crippen LogP contribution in [0.2, 0.25) is 0 Å². The molecule has 0 aromatic heterocycles. The Morgan fingerprint density at radius 3 is 2.24 bits per heavy atom. The van der Waals surface area contributed by atoms with E-state index >= 15 is 0 Å². The zero-order valence-corrected chi connectivity index (χ0v) is 14.2. The highest BCUT2D eigenvalue weighted by molar-refractivity contribution is 9.08. The van der Waals surface area contributed by atoms with Crippen molar-refractivity contribution in [2.75, 3.05) is 6.61 Å². The Bertz CT molecular complexity index is 564. The van der Waals surface area contributed by atoms with Crippen LogP contribution in [0.25, 0.3) is 0 Å². The van der Waals surface area contributed by atoms with E-state index in [4.69, 9.17) is 9.47 Å². The first-order valence-electron chi connectivity index (χ1n) is 7.29. The van der Waals surface area contributed by atoms with Crippen LogP contribution in [0.1, 0.15) is 30.5 Å². The molecule has 0 fully saturated rings. The third-order valence-electron chi connectivity index (χ3n) is 3.32. The highest BCUT2D eigenvalue weighted by Crippen LogP contribution is 2.33. The molecule has 0 spiro atoms. The predicted molar refractivity (Wildman–Crippen MR) is 90.4 cm³/mol. The van der Waals surface area contributed by atoms with Crippen LogP contribution in [0.3, 0.4) is 0 Å². The zero-order valence-electron chi connectivity index (χ0n) is 12.6. The van der Waals surface area contributed by atoms with Gasteiger partial charge in [0.2, 0.25) is 0 Å². The highest BCUT2D eigenvalue weighted by Gasteiger charge is 2.10. The fourth-order valence-corrected chi connectivity index (χ4v) is 2.57. The zero-order chi connectivity index (χ0) is 15.1. The monoisotopic (exact) mass is 348 g/mol. The predicted octanol–water partition coefficient (Wildman–Crippen LogP) is 5.12. The number of hydrogen-bond donors (Lipinski definition) is 0. The summed E-state index contributed by atoms with van der Waals surface area (Å²) in [5.41, 5.74) is 3.61. The maximum Gasteiger partial charge on any atom is 0.165 e. The first kappa shape index (κ1) is 15.9. The fraction of sp³-hybridized carbons (Fsp3) is 0.333. The molecule has 0 aliphatic rings. The largest absolute Gasteiger partial charge is 0.490 e. The lowest BCUT2D eigenvalue weighted by molar-refractivity contribution is 0.267. The first-order chi connectivity index (χ1) is 10.3. The van der Waals surface area contributed by atoms with Gasteiger partial charge in [-0.15, -0.1) is 0 Å². The van der Waals surface area contributed by atoms with Crippen molar-refractivity contribution in [2.45, 2.75) is 32.2 Å². The van der Waals surface area contributed by atoms with E-state index in [9.17, 15) is 0 Å². The minimum atomic E-state index is 0.550. The van der Waals surface area contributed by atoms with Crippen LogP contribution >= 0.6 is 15.9 Å². The van der Waals surface area contributed by atoms with E-state index in [1.54, 1.807) is 0 Å². The Morgan fingerprint density at radius 1 is 0.905 bits per heavy atom. The summed E-state index contributed by atoms with van der Waals surface area (Å²) in [6.45, 7) is 5.32. The first-order valence-corrected chi connectivity index (χ1v) is 8.41. The molecule has 2 aromatic carbocycles. The van der Waals surface area contributed by atoms with Gasteiger partial charge in [0.15, 0.2) is 11.5 Å². The van der Waals surface area contributed by atoms with Crippen LogP contribution in [0.15, 0.2) is 42.5 Å². The molecule has 0 atom stereocenters. The van der Waals surface area contributed by atoms with Gasteiger partial charge >= 0.3 is 0 Å². The summed E-state index contributed by atoms with van der Waals surface area (Å²) in [6.07, 6.45) is 1.06. The molecule has 112 valence electrons. The minimum absolute atomic E-state index is 0.550. The summed E-state index contributed by atoms with van der Waals surface area (Å²) < 4.78 is 11.7. The van der Waals surface area contributed by atoms with Crippen molar-refractivity contribution in [1.82, 2.24) is 0 Å². The number of para-hydroxylation sites is 1. The molecule has 0 aliphatic heterocycles. The van der Waals surface area contributed by atoms with Crippen LogP contribution in [-0.4, -0.2) is 6.61 Å². The molecule has 2 nitrogen and oxygen atoms in total. The third-order valence-corrected chi connectivity index (χ3v) is 3.92. The van der Waals surface area contributed by atoms with Gasteiger partial charge in [-0.05, 0) is 30.5 Å². The number of hydrogen-bond acceptors (Lipinski definition) is 2. The van der Waals surface area contributed by atoms with E-state index in [-0.39, 0.29) is 0 Å². The number of rotatable bonds is 7. The van der Waals surface area contributed by atoms with Gasteiger partial charge in [0.25, 0.3) is 0 Å². The fourth-order valence-electron chi connectivity index (χ4n) is 2.13. The van der Waals surface area contributed by atoms with Crippen LogP contribution in [0.4, 0.5) is 0 Å². The Hall–Kier alpha value is -1.48. The molecular weight excluding hydrogens is 328 g/mol. The molecule has 0 saturated carbocycles. The Kier molecular flexibility index (Phi) is 6.12. The molecule has 2 rings (SSSR count). The van der Waals surface area contributed by atoms with Crippen LogP contribution in [-0.2, 0) is 18.4 Å². The lowest BCUT2D eigenvalue weighted by Crippen LogP contribution is -2.02. The standard InChI is InChI=1S/C18H21BrO2/c1-3-14-8-10-15(11-9-14)13-21-18-16(12-19)6-5-7-17(18)20-4-2/h5-11H,3-4,12-13H2,1-2H3. The second-order valence-electron chi connectivity index (χ2n) is 4.77. The van der Waals surface area contributed by atoms with Crippen LogP contribution in [0.5, 0.6) is 11.5 Å². The molecule has 3 heteroatoms. The van der Waals surface area contributed by atoms with E-state index in [2.05, 4.69) is 47.1 Å². The minimum Gasteiger partial charge on any atom is -0.490 e. The van der Waals surface area contributed by atoms with Gasteiger partial charge in [-0.3, -0.25) is 0 Å². The SMILES string of the molecule is CCOc1cccc(CBr)c1OCc1ccc(CC)cc1. The smallest absolute Gasteiger partial charge is 0.165 e. The number of halogens is 1. The molecule has 0 aliphatic carbocycles. The molecule has 21 heavy (non-hydrogen) atoms. The maximum atomic E-state index is 6.02. The second kappa shape index (κ2) is 8.08. The Balaban J connectivity index is 2.13. The highest BCUT2D eigenvalue weighted by atomic mass is 79.9. The van der Waals surface area contributed by atoms with Crippen molar-refractivity contribution >= 4 is 15.9 Å². The van der Waals surface area contributed by atoms with Gasteiger partial charge in [-0.1, -0.05) is 59.3 Å². The summed E-state index contributed by atoms with van der Waals surface area (Å²) in [5.74, 6) is 1.63. The topological polar surface area (TPSA) is 18.5 Å². The van der Waals surface area contributed by atoms with Crippen LogP contribution < -0.4 is 9.47 Å². The van der Waals surface area contributed by atoms with Crippen molar-refractivity contribution in [3.8, 4) is 11.5 Å². The average Bonchev–Trinajstić information content (AvgIpc) is 2.54. The number of ether oxygens (including phenoxy) is 2. The summed E-state index contributed by atoms with van der Waals surface area (Å²) in [5, 5.41) is 0.748. The molecule has 0 radical (unpaired) electrons. The van der Waals surface area contributed by atoms with E-state index in [1.807, 2.05) is 25.1 Å². The van der Waals surface area contributed by atoms with Gasteiger partial charge in [-0.25, -0.2) is 0 Å². The molecule has 0 saturated heterocycles. The van der Waals surface area contributed by atoms with Crippen molar-refractivity contribution in [2.24, 2.45) is 0 Å². The van der Waals surface area contributed by atoms with Crippen molar-refractivity contribution in [3.63, 3.8) is 0 Å². The summed E-state index contributed by atoms with van der Waals surface area (Å²) in [7, 11) is 0. The maximum absolute atomic E-state index is 6.02. The van der Waals surface area contributed by atoms with E-state index in [1.165, 1.54) is 11.1 Å². The molecule has 0 amide bonds. The van der Waals surface area contributed by atoms with E-state index in [0.29, 0.717) is 13.2 Å². The number of benzene rings is 2. The number of alkyl halides is 1. The Labute approximate surface area is 135 Å². The quantitative estimate of drug-likeness (QED) is 0.646. The van der Waals surface area contributed by atoms with Gasteiger partial charge in [0, 0.05) is 10.9 Å². The lowest BCUT2D eigenvalue weighted by atomic mass is 10.1. The normalized spacial score (nSPS) is 10.4. The van der Waals surface area contributed by atoms with Crippen molar-refractivity contribution < 1.29 is 9.47 Å². The summed E-state index contributed by atoms with van der Waals surface area (Å²) in [4.78, 5) is 0. The van der Waals surface area contributed by atoms with Gasteiger partial charge in [0.05, 0.1) is 6.61 Å². The third kappa shape index (κ3) is 4.24. The molecule has 0 N–H and O–H groups in total. The van der Waals surface area contributed by atoms with Gasteiger partial charge < -0.3 is 9.47 Å². The van der Waals surface area contributed by atoms with E-state index < -0.39 is 0 Å². The van der Waals surface area contributed by atoms with Gasteiger partial charge in [-0.2, -0.15) is 0 Å². The molecule has 0 unspecified atom stereocenters. The average molecular weight is 349 g/mol. The molecular formula is C18H21BrO2. The second-order valence-corrected chi connectivity index (χ2v) is 5.33. The number of aryl methyl sites for hydroxylation is 1. The van der Waals surface area contributed by atoms with Crippen molar-refractivity contribution in [3.05, 3.63) is 59.2 Å². The van der Waals surface area contributed by atoms with Gasteiger partial charge in [0.1, 0.15) is 6.61 Å². The summed E-state index contributed by atoms with van der Waals surface area (Å²) in [6, 6.07) is 14.5. The molecule has 0 bridgehead atoms. The lowest BCUT2D eigenvalue weighted by Gasteiger charge is -2.15. The van der Waals surface area contributed by atoms with E-state index in [0.717, 1.165) is 28.8 Å². The van der Waals surface area contributed by atoms with Crippen LogP contribution in [0, 0.1) is 0 Å². The Morgan fingerprint density at radius 2 is 1.62 bits per heavy atom. The summed E-state index contributed by atoms with van der Waals surface area (Å²) >= 11 is 3.50.